The fourth-order valence-corrected chi connectivity index (χ4v) is 2.20. The first-order valence-corrected chi connectivity index (χ1v) is 7.18. The molecule has 0 spiro atoms. The Kier molecular flexibility index (Phi) is 5.92. The lowest BCUT2D eigenvalue weighted by molar-refractivity contribution is 0.221. The Balaban J connectivity index is 1.74. The van der Waals surface area contributed by atoms with Crippen molar-refractivity contribution in [1.29, 1.82) is 0 Å². The van der Waals surface area contributed by atoms with E-state index in [1.807, 2.05) is 6.07 Å². The summed E-state index contributed by atoms with van der Waals surface area (Å²) in [5.41, 5.74) is 1.28. The van der Waals surface area contributed by atoms with E-state index in [-0.39, 0.29) is 0 Å². The van der Waals surface area contributed by atoms with Crippen LogP contribution in [0.2, 0.25) is 0 Å². The number of ether oxygens (including phenoxy) is 1. The van der Waals surface area contributed by atoms with Gasteiger partial charge in [0, 0.05) is 26.2 Å². The van der Waals surface area contributed by atoms with Gasteiger partial charge >= 0.3 is 0 Å². The Morgan fingerprint density at radius 2 is 2.26 bits per heavy atom. The van der Waals surface area contributed by atoms with E-state index in [2.05, 4.69) is 47.5 Å². The van der Waals surface area contributed by atoms with Gasteiger partial charge in [-0.2, -0.15) is 0 Å². The van der Waals surface area contributed by atoms with Crippen molar-refractivity contribution in [2.75, 3.05) is 32.8 Å². The highest BCUT2D eigenvalue weighted by atomic mass is 16.5. The molecule has 0 aromatic heterocycles. The van der Waals surface area contributed by atoms with E-state index < -0.39 is 0 Å². The number of nitrogens with one attached hydrogen (secondary N) is 1. The zero-order valence-electron chi connectivity index (χ0n) is 11.8. The third-order valence-electron chi connectivity index (χ3n) is 3.30. The van der Waals surface area contributed by atoms with Crippen LogP contribution in [0.1, 0.15) is 18.9 Å². The van der Waals surface area contributed by atoms with Gasteiger partial charge in [0.05, 0.1) is 0 Å². The summed E-state index contributed by atoms with van der Waals surface area (Å²) >= 11 is 0. The van der Waals surface area contributed by atoms with Crippen LogP contribution in [0, 0.1) is 0 Å². The van der Waals surface area contributed by atoms with Gasteiger partial charge in [0.1, 0.15) is 12.4 Å². The molecule has 2 rings (SSSR count). The number of hydrogen-bond acceptors (Lipinski definition) is 3. The van der Waals surface area contributed by atoms with Crippen LogP contribution in [0.3, 0.4) is 0 Å². The summed E-state index contributed by atoms with van der Waals surface area (Å²) in [6.07, 6.45) is 5.65. The van der Waals surface area contributed by atoms with Crippen LogP contribution in [-0.4, -0.2) is 37.7 Å². The van der Waals surface area contributed by atoms with Crippen molar-refractivity contribution in [1.82, 2.24) is 10.2 Å². The van der Waals surface area contributed by atoms with Gasteiger partial charge in [-0.15, -0.1) is 0 Å². The van der Waals surface area contributed by atoms with Gasteiger partial charge in [0.25, 0.3) is 0 Å². The molecule has 0 radical (unpaired) electrons. The molecule has 0 amide bonds. The fourth-order valence-electron chi connectivity index (χ4n) is 2.20. The molecule has 0 saturated heterocycles. The maximum absolute atomic E-state index is 5.84. The van der Waals surface area contributed by atoms with Crippen molar-refractivity contribution in [2.24, 2.45) is 0 Å². The minimum atomic E-state index is 0.762. The Morgan fingerprint density at radius 3 is 3.05 bits per heavy atom. The van der Waals surface area contributed by atoms with Crippen molar-refractivity contribution in [2.45, 2.75) is 19.9 Å². The van der Waals surface area contributed by atoms with Gasteiger partial charge in [-0.1, -0.05) is 31.2 Å². The summed E-state index contributed by atoms with van der Waals surface area (Å²) < 4.78 is 5.84. The van der Waals surface area contributed by atoms with Crippen LogP contribution in [0.5, 0.6) is 5.75 Å². The van der Waals surface area contributed by atoms with Crippen LogP contribution in [0.15, 0.2) is 36.4 Å². The monoisotopic (exact) mass is 260 g/mol. The SMILES string of the molecule is CCNCc1cccc(OCCN2CC=CCC2)c1. The van der Waals surface area contributed by atoms with Gasteiger partial charge in [-0.05, 0) is 30.7 Å². The molecule has 1 heterocycles. The van der Waals surface area contributed by atoms with E-state index in [0.717, 1.165) is 51.5 Å². The average molecular weight is 260 g/mol. The van der Waals surface area contributed by atoms with Crippen LogP contribution in [0.4, 0.5) is 0 Å². The van der Waals surface area contributed by atoms with Crippen molar-refractivity contribution >= 4 is 0 Å². The molecule has 1 aliphatic rings. The van der Waals surface area contributed by atoms with Crippen LogP contribution < -0.4 is 10.1 Å². The lowest BCUT2D eigenvalue weighted by Gasteiger charge is -2.22. The summed E-state index contributed by atoms with van der Waals surface area (Å²) in [5, 5.41) is 3.33. The van der Waals surface area contributed by atoms with E-state index in [1.165, 1.54) is 5.56 Å². The van der Waals surface area contributed by atoms with Gasteiger partial charge in [-0.3, -0.25) is 4.90 Å². The molecule has 0 bridgehead atoms. The molecule has 19 heavy (non-hydrogen) atoms. The second-order valence-corrected chi connectivity index (χ2v) is 4.84. The Labute approximate surface area is 116 Å². The molecule has 1 N–H and O–H groups in total. The number of nitrogens with zero attached hydrogens (tertiary/aromatic N) is 1. The average Bonchev–Trinajstić information content (AvgIpc) is 2.47. The van der Waals surface area contributed by atoms with E-state index in [1.54, 1.807) is 0 Å². The summed E-state index contributed by atoms with van der Waals surface area (Å²) in [7, 11) is 0. The van der Waals surface area contributed by atoms with Gasteiger partial charge in [0.2, 0.25) is 0 Å². The Hall–Kier alpha value is -1.32. The molecule has 0 atom stereocenters. The second-order valence-electron chi connectivity index (χ2n) is 4.84. The van der Waals surface area contributed by atoms with Crippen molar-refractivity contribution in [3.63, 3.8) is 0 Å². The summed E-state index contributed by atoms with van der Waals surface area (Å²) in [6.45, 7) is 8.00. The lowest BCUT2D eigenvalue weighted by Crippen LogP contribution is -2.31. The van der Waals surface area contributed by atoms with Crippen LogP contribution in [0.25, 0.3) is 0 Å². The quantitative estimate of drug-likeness (QED) is 0.762. The molecule has 0 fully saturated rings. The van der Waals surface area contributed by atoms with Crippen molar-refractivity contribution in [3.8, 4) is 5.75 Å². The van der Waals surface area contributed by atoms with Crippen molar-refractivity contribution in [3.05, 3.63) is 42.0 Å². The molecule has 0 aliphatic carbocycles. The molecule has 1 aromatic carbocycles. The first kappa shape index (κ1) is 14.1. The standard InChI is InChI=1S/C16H24N2O/c1-2-17-14-15-7-6-8-16(13-15)19-12-11-18-9-4-3-5-10-18/h3-4,6-8,13,17H,2,5,9-12,14H2,1H3. The van der Waals surface area contributed by atoms with E-state index in [9.17, 15) is 0 Å². The second kappa shape index (κ2) is 7.97. The fraction of sp³-hybridized carbons (Fsp3) is 0.500. The minimum absolute atomic E-state index is 0.762. The third kappa shape index (κ3) is 5.05. The first-order valence-electron chi connectivity index (χ1n) is 7.18. The molecular formula is C16H24N2O. The zero-order valence-corrected chi connectivity index (χ0v) is 11.8. The normalized spacial score (nSPS) is 15.6. The molecule has 1 aliphatic heterocycles. The summed E-state index contributed by atoms with van der Waals surface area (Å²) in [6, 6.07) is 8.35. The third-order valence-corrected chi connectivity index (χ3v) is 3.30. The molecule has 0 saturated carbocycles. The van der Waals surface area contributed by atoms with Crippen LogP contribution >= 0.6 is 0 Å². The predicted octanol–water partition coefficient (Wildman–Crippen LogP) is 2.44. The highest BCUT2D eigenvalue weighted by Gasteiger charge is 2.05. The smallest absolute Gasteiger partial charge is 0.119 e. The number of benzene rings is 1. The highest BCUT2D eigenvalue weighted by molar-refractivity contribution is 5.28. The molecule has 104 valence electrons. The Bertz CT molecular complexity index is 403. The van der Waals surface area contributed by atoms with Crippen LogP contribution in [-0.2, 0) is 6.54 Å². The summed E-state index contributed by atoms with van der Waals surface area (Å²) in [5.74, 6) is 0.975. The molecular weight excluding hydrogens is 236 g/mol. The maximum atomic E-state index is 5.84. The van der Waals surface area contributed by atoms with Crippen molar-refractivity contribution < 1.29 is 4.74 Å². The Morgan fingerprint density at radius 1 is 1.32 bits per heavy atom. The van der Waals surface area contributed by atoms with E-state index in [4.69, 9.17) is 4.74 Å². The predicted molar refractivity (Wildman–Crippen MR) is 79.5 cm³/mol. The molecule has 3 nitrogen and oxygen atoms in total. The largest absolute Gasteiger partial charge is 0.492 e. The van der Waals surface area contributed by atoms with Gasteiger partial charge in [0.15, 0.2) is 0 Å². The first-order chi connectivity index (χ1) is 9.38. The highest BCUT2D eigenvalue weighted by Crippen LogP contribution is 2.13. The van der Waals surface area contributed by atoms with E-state index >= 15 is 0 Å². The van der Waals surface area contributed by atoms with E-state index in [0.29, 0.717) is 0 Å². The van der Waals surface area contributed by atoms with Gasteiger partial charge < -0.3 is 10.1 Å². The topological polar surface area (TPSA) is 24.5 Å². The number of hydrogen-bond donors (Lipinski definition) is 1. The zero-order chi connectivity index (χ0) is 13.3. The lowest BCUT2D eigenvalue weighted by atomic mass is 10.2. The minimum Gasteiger partial charge on any atom is -0.492 e. The van der Waals surface area contributed by atoms with Gasteiger partial charge in [-0.25, -0.2) is 0 Å². The number of rotatable bonds is 7. The molecule has 3 heteroatoms. The summed E-state index contributed by atoms with van der Waals surface area (Å²) in [4.78, 5) is 2.42. The maximum Gasteiger partial charge on any atom is 0.119 e. The molecule has 0 unspecified atom stereocenters. The molecule has 1 aromatic rings.